The zero-order valence-corrected chi connectivity index (χ0v) is 11.9. The van der Waals surface area contributed by atoms with Crippen LogP contribution in [0.3, 0.4) is 0 Å². The van der Waals surface area contributed by atoms with E-state index in [2.05, 4.69) is 28.2 Å². The van der Waals surface area contributed by atoms with Crippen LogP contribution >= 0.6 is 0 Å². The summed E-state index contributed by atoms with van der Waals surface area (Å²) >= 11 is 0. The van der Waals surface area contributed by atoms with Crippen molar-refractivity contribution in [1.29, 1.82) is 0 Å². The molecule has 0 aromatic heterocycles. The zero-order valence-electron chi connectivity index (χ0n) is 11.1. The van der Waals surface area contributed by atoms with Crippen molar-refractivity contribution in [3.8, 4) is 0 Å². The molecule has 0 aliphatic rings. The van der Waals surface area contributed by atoms with Gasteiger partial charge in [0.15, 0.2) is 15.6 Å². The van der Waals surface area contributed by atoms with E-state index in [9.17, 15) is 13.2 Å². The predicted octanol–water partition coefficient (Wildman–Crippen LogP) is 0.867. The SMILES string of the molecule is C[N+](C)(C)C.O=C(O)CS(=O)(=O)c1ccccc1. The van der Waals surface area contributed by atoms with Gasteiger partial charge in [0, 0.05) is 0 Å². The fourth-order valence-electron chi connectivity index (χ4n) is 0.874. The summed E-state index contributed by atoms with van der Waals surface area (Å²) in [6.07, 6.45) is 0. The van der Waals surface area contributed by atoms with Crippen LogP contribution in [0.15, 0.2) is 35.2 Å². The fraction of sp³-hybridized carbons (Fsp3) is 0.417. The monoisotopic (exact) mass is 274 g/mol. The second-order valence-corrected chi connectivity index (χ2v) is 7.14. The molecule has 0 unspecified atom stereocenters. The summed E-state index contributed by atoms with van der Waals surface area (Å²) in [4.78, 5) is 10.2. The second kappa shape index (κ2) is 6.51. The Labute approximate surface area is 108 Å². The molecule has 0 heterocycles. The van der Waals surface area contributed by atoms with Crippen LogP contribution in [-0.4, -0.2) is 57.9 Å². The first-order valence-electron chi connectivity index (χ1n) is 5.31. The molecule has 0 bridgehead atoms. The number of aliphatic carboxylic acids is 1. The second-order valence-electron chi connectivity index (χ2n) is 5.15. The van der Waals surface area contributed by atoms with Gasteiger partial charge in [-0.15, -0.1) is 0 Å². The van der Waals surface area contributed by atoms with Crippen molar-refractivity contribution in [1.82, 2.24) is 0 Å². The molecule has 0 aliphatic carbocycles. The summed E-state index contributed by atoms with van der Waals surface area (Å²) in [5.41, 5.74) is 0. The maximum atomic E-state index is 11.3. The number of quaternary nitrogens is 1. The third kappa shape index (κ3) is 8.72. The molecule has 1 N–H and O–H groups in total. The number of hydrogen-bond donors (Lipinski definition) is 1. The van der Waals surface area contributed by atoms with Gasteiger partial charge in [0.2, 0.25) is 0 Å². The normalized spacial score (nSPS) is 11.3. The molecule has 1 rings (SSSR count). The Balaban J connectivity index is 0.000000494. The summed E-state index contributed by atoms with van der Waals surface area (Å²) in [6.45, 7) is 0. The molecule has 6 heteroatoms. The van der Waals surface area contributed by atoms with Crippen molar-refractivity contribution < 1.29 is 22.8 Å². The average molecular weight is 274 g/mol. The predicted molar refractivity (Wildman–Crippen MR) is 70.1 cm³/mol. The van der Waals surface area contributed by atoms with Gasteiger partial charge < -0.3 is 9.59 Å². The van der Waals surface area contributed by atoms with Crippen LogP contribution in [0, 0.1) is 0 Å². The Bertz CT molecular complexity index is 469. The molecule has 102 valence electrons. The first-order valence-corrected chi connectivity index (χ1v) is 6.96. The van der Waals surface area contributed by atoms with Crippen LogP contribution in [0.4, 0.5) is 0 Å². The molecule has 0 amide bonds. The van der Waals surface area contributed by atoms with E-state index in [1.807, 2.05) is 0 Å². The van der Waals surface area contributed by atoms with Gasteiger partial charge in [0.1, 0.15) is 0 Å². The number of rotatable bonds is 3. The topological polar surface area (TPSA) is 71.4 Å². The lowest BCUT2D eigenvalue weighted by molar-refractivity contribution is -0.849. The van der Waals surface area contributed by atoms with E-state index < -0.39 is 21.6 Å². The van der Waals surface area contributed by atoms with Crippen LogP contribution in [-0.2, 0) is 14.6 Å². The molecule has 0 fully saturated rings. The highest BCUT2D eigenvalue weighted by molar-refractivity contribution is 7.92. The molecular formula is C12H20NO4S+. The quantitative estimate of drug-likeness (QED) is 0.830. The van der Waals surface area contributed by atoms with Crippen LogP contribution in [0.2, 0.25) is 0 Å². The Morgan fingerprint density at radius 3 is 1.83 bits per heavy atom. The minimum atomic E-state index is -3.66. The first-order chi connectivity index (χ1) is 8.02. The molecule has 0 saturated carbocycles. The summed E-state index contributed by atoms with van der Waals surface area (Å²) in [5, 5.41) is 8.33. The highest BCUT2D eigenvalue weighted by atomic mass is 32.2. The van der Waals surface area contributed by atoms with Gasteiger partial charge in [-0.2, -0.15) is 0 Å². The van der Waals surface area contributed by atoms with Gasteiger partial charge in [0.05, 0.1) is 33.1 Å². The van der Waals surface area contributed by atoms with Crippen LogP contribution in [0.25, 0.3) is 0 Å². The van der Waals surface area contributed by atoms with Crippen molar-refractivity contribution in [3.63, 3.8) is 0 Å². The number of carboxylic acid groups (broad SMARTS) is 1. The van der Waals surface area contributed by atoms with Crippen LogP contribution in [0.1, 0.15) is 0 Å². The Morgan fingerprint density at radius 2 is 1.50 bits per heavy atom. The van der Waals surface area contributed by atoms with Gasteiger partial charge in [-0.3, -0.25) is 4.79 Å². The first kappa shape index (κ1) is 16.6. The lowest BCUT2D eigenvalue weighted by atomic mass is 10.4. The standard InChI is InChI=1S/C8H8O4S.C4H12N/c9-8(10)6-13(11,12)7-4-2-1-3-5-7;1-5(2,3)4/h1-5H,6H2,(H,9,10);1-4H3/q;+1. The zero-order chi connectivity index (χ0) is 14.4. The van der Waals surface area contributed by atoms with Crippen molar-refractivity contribution in [2.75, 3.05) is 33.9 Å². The number of carbonyl (C=O) groups is 1. The van der Waals surface area contributed by atoms with Gasteiger partial charge >= 0.3 is 5.97 Å². The van der Waals surface area contributed by atoms with Crippen molar-refractivity contribution in [2.45, 2.75) is 4.90 Å². The number of benzene rings is 1. The Kier molecular flexibility index (Phi) is 6.00. The summed E-state index contributed by atoms with van der Waals surface area (Å²) in [7, 11) is 4.84. The summed E-state index contributed by atoms with van der Waals surface area (Å²) in [6, 6.07) is 7.51. The Morgan fingerprint density at radius 1 is 1.11 bits per heavy atom. The molecule has 0 aliphatic heterocycles. The molecule has 0 saturated heterocycles. The molecule has 1 aromatic rings. The number of sulfone groups is 1. The maximum Gasteiger partial charge on any atom is 0.319 e. The van der Waals surface area contributed by atoms with E-state index in [1.54, 1.807) is 18.2 Å². The van der Waals surface area contributed by atoms with Crippen molar-refractivity contribution >= 4 is 15.8 Å². The van der Waals surface area contributed by atoms with E-state index in [0.29, 0.717) is 0 Å². The molecule has 1 aromatic carbocycles. The molecule has 0 spiro atoms. The van der Waals surface area contributed by atoms with E-state index in [-0.39, 0.29) is 4.90 Å². The van der Waals surface area contributed by atoms with E-state index >= 15 is 0 Å². The highest BCUT2D eigenvalue weighted by Gasteiger charge is 2.17. The van der Waals surface area contributed by atoms with E-state index in [0.717, 1.165) is 4.48 Å². The summed E-state index contributed by atoms with van der Waals surface area (Å²) < 4.78 is 23.5. The van der Waals surface area contributed by atoms with Crippen LogP contribution < -0.4 is 0 Å². The van der Waals surface area contributed by atoms with Gasteiger partial charge in [-0.25, -0.2) is 8.42 Å². The molecule has 0 atom stereocenters. The average Bonchev–Trinajstić information content (AvgIpc) is 2.14. The highest BCUT2D eigenvalue weighted by Crippen LogP contribution is 2.09. The number of hydrogen-bond acceptors (Lipinski definition) is 3. The lowest BCUT2D eigenvalue weighted by Gasteiger charge is -2.14. The van der Waals surface area contributed by atoms with Crippen molar-refractivity contribution in [2.24, 2.45) is 0 Å². The van der Waals surface area contributed by atoms with Crippen molar-refractivity contribution in [3.05, 3.63) is 30.3 Å². The largest absolute Gasteiger partial charge is 0.480 e. The van der Waals surface area contributed by atoms with Gasteiger partial charge in [-0.1, -0.05) is 18.2 Å². The van der Waals surface area contributed by atoms with E-state index in [1.165, 1.54) is 12.1 Å². The smallest absolute Gasteiger partial charge is 0.319 e. The number of nitrogens with zero attached hydrogens (tertiary/aromatic N) is 1. The molecule has 18 heavy (non-hydrogen) atoms. The number of carboxylic acids is 1. The fourth-order valence-corrected chi connectivity index (χ4v) is 1.94. The third-order valence-corrected chi connectivity index (χ3v) is 3.03. The summed E-state index contributed by atoms with van der Waals surface area (Å²) in [5.74, 6) is -2.21. The minimum Gasteiger partial charge on any atom is -0.480 e. The minimum absolute atomic E-state index is 0.0393. The van der Waals surface area contributed by atoms with Gasteiger partial charge in [0.25, 0.3) is 0 Å². The van der Waals surface area contributed by atoms with E-state index in [4.69, 9.17) is 5.11 Å². The van der Waals surface area contributed by atoms with Gasteiger partial charge in [-0.05, 0) is 12.1 Å². The lowest BCUT2D eigenvalue weighted by Crippen LogP contribution is -2.27. The van der Waals surface area contributed by atoms with Crippen LogP contribution in [0.5, 0.6) is 0 Å². The Hall–Kier alpha value is -1.40. The molecular weight excluding hydrogens is 254 g/mol. The maximum absolute atomic E-state index is 11.3. The molecule has 5 nitrogen and oxygen atoms in total. The third-order valence-electron chi connectivity index (χ3n) is 1.42. The molecule has 0 radical (unpaired) electrons.